The number of aromatic nitrogens is 2. The summed E-state index contributed by atoms with van der Waals surface area (Å²) in [6.45, 7) is 2.09. The van der Waals surface area contributed by atoms with E-state index in [1.165, 1.54) is 11.1 Å². The highest BCUT2D eigenvalue weighted by Gasteiger charge is 2.27. The number of anilines is 1. The van der Waals surface area contributed by atoms with Crippen LogP contribution >= 0.6 is 0 Å². The number of hydrogen-bond acceptors (Lipinski definition) is 5. The molecule has 2 aromatic rings. The van der Waals surface area contributed by atoms with Gasteiger partial charge in [-0.3, -0.25) is 0 Å². The van der Waals surface area contributed by atoms with Crippen LogP contribution in [-0.4, -0.2) is 22.8 Å². The summed E-state index contributed by atoms with van der Waals surface area (Å²) in [5.41, 5.74) is 11.0. The molecule has 1 unspecified atom stereocenters. The van der Waals surface area contributed by atoms with Gasteiger partial charge in [0.2, 0.25) is 5.95 Å². The number of nitrogens with zero attached hydrogens (tertiary/aromatic N) is 3. The number of benzene rings is 1. The first kappa shape index (κ1) is 13.5. The van der Waals surface area contributed by atoms with Crippen LogP contribution in [-0.2, 0) is 11.3 Å². The Morgan fingerprint density at radius 1 is 1.24 bits per heavy atom. The Bertz CT molecular complexity index is 679. The summed E-state index contributed by atoms with van der Waals surface area (Å²) in [5, 5.41) is 4.14. The fourth-order valence-electron chi connectivity index (χ4n) is 2.75. The number of nitrogen functional groups attached to an aromatic ring is 1. The van der Waals surface area contributed by atoms with E-state index in [2.05, 4.69) is 46.3 Å². The molecule has 108 valence electrons. The molecule has 1 aliphatic rings. The van der Waals surface area contributed by atoms with Crippen LogP contribution < -0.4 is 5.73 Å². The Hall–Kier alpha value is -2.43. The van der Waals surface area contributed by atoms with Crippen LogP contribution in [0.25, 0.3) is 0 Å². The Labute approximate surface area is 123 Å². The normalized spacial score (nSPS) is 19.3. The third kappa shape index (κ3) is 2.72. The molecule has 3 rings (SSSR count). The maximum Gasteiger partial charge on any atom is 0.220 e. The topological polar surface area (TPSA) is 73.4 Å². The predicted octanol–water partition coefficient (Wildman–Crippen LogP) is 2.45. The van der Waals surface area contributed by atoms with Crippen LogP contribution in [0.4, 0.5) is 5.95 Å². The average Bonchev–Trinajstić information content (AvgIpc) is 2.47. The number of oxime groups is 1. The van der Waals surface area contributed by atoms with Crippen LogP contribution in [0.2, 0.25) is 0 Å². The van der Waals surface area contributed by atoms with Crippen LogP contribution in [0.1, 0.15) is 34.7 Å². The molecule has 0 amide bonds. The van der Waals surface area contributed by atoms with Gasteiger partial charge in [-0.15, -0.1) is 0 Å². The minimum absolute atomic E-state index is 0.301. The lowest BCUT2D eigenvalue weighted by Gasteiger charge is -2.25. The molecular formula is C16H18N4O. The van der Waals surface area contributed by atoms with E-state index in [1.807, 2.05) is 0 Å². The molecule has 1 heterocycles. The maximum atomic E-state index is 5.71. The van der Waals surface area contributed by atoms with Crippen molar-refractivity contribution in [2.45, 2.75) is 25.7 Å². The molecule has 2 N–H and O–H groups in total. The van der Waals surface area contributed by atoms with Crippen molar-refractivity contribution in [3.63, 3.8) is 0 Å². The number of hydrogen-bond donors (Lipinski definition) is 1. The monoisotopic (exact) mass is 282 g/mol. The van der Waals surface area contributed by atoms with Crippen molar-refractivity contribution in [1.82, 2.24) is 9.97 Å². The molecule has 1 aromatic carbocycles. The predicted molar refractivity (Wildman–Crippen MR) is 82.2 cm³/mol. The van der Waals surface area contributed by atoms with E-state index in [4.69, 9.17) is 10.6 Å². The van der Waals surface area contributed by atoms with E-state index >= 15 is 0 Å². The lowest BCUT2D eigenvalue weighted by atomic mass is 9.81. The quantitative estimate of drug-likeness (QED) is 0.859. The van der Waals surface area contributed by atoms with E-state index in [9.17, 15) is 0 Å². The average molecular weight is 282 g/mol. The number of aryl methyl sites for hydroxylation is 1. The van der Waals surface area contributed by atoms with Crippen LogP contribution in [0.5, 0.6) is 0 Å². The number of rotatable bonds is 2. The van der Waals surface area contributed by atoms with Crippen molar-refractivity contribution in [3.05, 3.63) is 52.8 Å². The molecule has 21 heavy (non-hydrogen) atoms. The van der Waals surface area contributed by atoms with Gasteiger partial charge >= 0.3 is 0 Å². The fourth-order valence-corrected chi connectivity index (χ4v) is 2.75. The molecule has 1 aromatic heterocycles. The van der Waals surface area contributed by atoms with Crippen LogP contribution in [0.15, 0.2) is 35.6 Å². The SMILES string of the molecule is CO/N=C1\CC(c2ccc(C)cc2)Cc2nc(N)ncc21. The Morgan fingerprint density at radius 3 is 2.71 bits per heavy atom. The van der Waals surface area contributed by atoms with Crippen LogP contribution in [0.3, 0.4) is 0 Å². The third-order valence-electron chi connectivity index (χ3n) is 3.83. The molecule has 0 radical (unpaired) electrons. The van der Waals surface area contributed by atoms with Crippen molar-refractivity contribution in [2.24, 2.45) is 5.16 Å². The van der Waals surface area contributed by atoms with Gasteiger partial charge in [0.15, 0.2) is 0 Å². The molecule has 0 aliphatic heterocycles. The van der Waals surface area contributed by atoms with Crippen molar-refractivity contribution in [2.75, 3.05) is 12.8 Å². The van der Waals surface area contributed by atoms with Gasteiger partial charge in [0, 0.05) is 18.2 Å². The molecule has 5 nitrogen and oxygen atoms in total. The highest BCUT2D eigenvalue weighted by Crippen LogP contribution is 2.32. The van der Waals surface area contributed by atoms with Gasteiger partial charge in [-0.25, -0.2) is 9.97 Å². The Balaban J connectivity index is 2.00. The van der Waals surface area contributed by atoms with Gasteiger partial charge in [0.1, 0.15) is 7.11 Å². The largest absolute Gasteiger partial charge is 0.399 e. The second-order valence-corrected chi connectivity index (χ2v) is 5.32. The Morgan fingerprint density at radius 2 is 2.00 bits per heavy atom. The summed E-state index contributed by atoms with van der Waals surface area (Å²) in [6.07, 6.45) is 3.39. The van der Waals surface area contributed by atoms with E-state index in [0.29, 0.717) is 11.9 Å². The van der Waals surface area contributed by atoms with E-state index in [1.54, 1.807) is 13.3 Å². The van der Waals surface area contributed by atoms with Crippen LogP contribution in [0, 0.1) is 6.92 Å². The van der Waals surface area contributed by atoms with E-state index < -0.39 is 0 Å². The van der Waals surface area contributed by atoms with Gasteiger partial charge in [-0.1, -0.05) is 35.0 Å². The number of fused-ring (bicyclic) bond motifs is 1. The highest BCUT2D eigenvalue weighted by atomic mass is 16.6. The Kier molecular flexibility index (Phi) is 3.56. The summed E-state index contributed by atoms with van der Waals surface area (Å²) in [4.78, 5) is 13.4. The first-order valence-corrected chi connectivity index (χ1v) is 6.95. The third-order valence-corrected chi connectivity index (χ3v) is 3.83. The molecule has 5 heteroatoms. The van der Waals surface area contributed by atoms with Gasteiger partial charge < -0.3 is 10.6 Å². The first-order valence-electron chi connectivity index (χ1n) is 6.95. The summed E-state index contributed by atoms with van der Waals surface area (Å²) < 4.78 is 0. The highest BCUT2D eigenvalue weighted by molar-refractivity contribution is 6.02. The zero-order valence-corrected chi connectivity index (χ0v) is 12.2. The summed E-state index contributed by atoms with van der Waals surface area (Å²) in [7, 11) is 1.56. The smallest absolute Gasteiger partial charge is 0.220 e. The van der Waals surface area contributed by atoms with Gasteiger partial charge in [-0.2, -0.15) is 0 Å². The summed E-state index contributed by atoms with van der Waals surface area (Å²) in [6, 6.07) is 8.60. The minimum Gasteiger partial charge on any atom is -0.399 e. The zero-order chi connectivity index (χ0) is 14.8. The fraction of sp³-hybridized carbons (Fsp3) is 0.312. The van der Waals surface area contributed by atoms with Crippen molar-refractivity contribution < 1.29 is 4.84 Å². The van der Waals surface area contributed by atoms with E-state index in [-0.39, 0.29) is 0 Å². The molecule has 0 fully saturated rings. The summed E-state index contributed by atoms with van der Waals surface area (Å²) in [5.74, 6) is 0.636. The number of nitrogens with two attached hydrogens (primary N) is 1. The molecular weight excluding hydrogens is 264 g/mol. The van der Waals surface area contributed by atoms with Gasteiger partial charge in [-0.05, 0) is 24.8 Å². The van der Waals surface area contributed by atoms with Gasteiger partial charge in [0.25, 0.3) is 0 Å². The minimum atomic E-state index is 0.301. The lowest BCUT2D eigenvalue weighted by Crippen LogP contribution is -2.22. The molecule has 1 aliphatic carbocycles. The molecule has 0 bridgehead atoms. The van der Waals surface area contributed by atoms with Crippen molar-refractivity contribution in [3.8, 4) is 0 Å². The van der Waals surface area contributed by atoms with E-state index in [0.717, 1.165) is 29.8 Å². The first-order chi connectivity index (χ1) is 10.2. The zero-order valence-electron chi connectivity index (χ0n) is 12.2. The molecule has 0 spiro atoms. The lowest BCUT2D eigenvalue weighted by molar-refractivity contribution is 0.212. The molecule has 0 saturated carbocycles. The van der Waals surface area contributed by atoms with Gasteiger partial charge in [0.05, 0.1) is 11.4 Å². The standard InChI is InChI=1S/C16H18N4O/c1-10-3-5-11(6-4-10)12-7-14-13(9-18-16(17)19-14)15(8-12)20-21-2/h3-6,9,12H,7-8H2,1-2H3,(H2,17,18,19)/b20-15+. The molecule has 0 saturated heterocycles. The van der Waals surface area contributed by atoms with Crippen molar-refractivity contribution in [1.29, 1.82) is 0 Å². The van der Waals surface area contributed by atoms with Crippen molar-refractivity contribution >= 4 is 11.7 Å². The summed E-state index contributed by atoms with van der Waals surface area (Å²) >= 11 is 0. The second kappa shape index (κ2) is 5.52. The maximum absolute atomic E-state index is 5.71. The molecule has 1 atom stereocenters. The second-order valence-electron chi connectivity index (χ2n) is 5.32.